The van der Waals surface area contributed by atoms with Crippen molar-refractivity contribution in [1.29, 1.82) is 0 Å². The van der Waals surface area contributed by atoms with Gasteiger partial charge in [-0.1, -0.05) is 25.7 Å². The van der Waals surface area contributed by atoms with Crippen LogP contribution >= 0.6 is 0 Å². The van der Waals surface area contributed by atoms with E-state index in [4.69, 9.17) is 0 Å². The second-order valence-electron chi connectivity index (χ2n) is 6.71. The first-order valence-corrected chi connectivity index (χ1v) is 9.20. The summed E-state index contributed by atoms with van der Waals surface area (Å²) in [6.07, 6.45) is 10.8. The Balaban J connectivity index is 1.40. The van der Waals surface area contributed by atoms with Crippen molar-refractivity contribution in [2.24, 2.45) is 5.92 Å². The van der Waals surface area contributed by atoms with Crippen LogP contribution in [-0.4, -0.2) is 33.5 Å². The van der Waals surface area contributed by atoms with Crippen molar-refractivity contribution in [3.05, 3.63) is 36.4 Å². The predicted octanol–water partition coefficient (Wildman–Crippen LogP) is 3.07. The molecule has 6 nitrogen and oxygen atoms in total. The third-order valence-electron chi connectivity index (χ3n) is 4.70. The van der Waals surface area contributed by atoms with Crippen LogP contribution in [0.5, 0.6) is 0 Å². The van der Waals surface area contributed by atoms with Gasteiger partial charge >= 0.3 is 0 Å². The molecule has 1 aliphatic rings. The molecule has 0 saturated heterocycles. The van der Waals surface area contributed by atoms with Gasteiger partial charge in [0.25, 0.3) is 0 Å². The van der Waals surface area contributed by atoms with Crippen LogP contribution in [0.25, 0.3) is 5.82 Å². The highest BCUT2D eigenvalue weighted by Gasteiger charge is 2.15. The number of hydrogen-bond donors (Lipinski definition) is 2. The molecular weight excluding hydrogens is 314 g/mol. The SMILES string of the molecule is Cc1nc(NCCNC(=O)CCC2CCCC2)cc(-n2cccc2)n1. The molecule has 0 radical (unpaired) electrons. The first kappa shape index (κ1) is 17.5. The van der Waals surface area contributed by atoms with Gasteiger partial charge in [-0.3, -0.25) is 4.79 Å². The number of anilines is 1. The average Bonchev–Trinajstić information content (AvgIpc) is 3.30. The van der Waals surface area contributed by atoms with E-state index in [1.165, 1.54) is 25.7 Å². The average molecular weight is 341 g/mol. The fourth-order valence-corrected chi connectivity index (χ4v) is 3.38. The van der Waals surface area contributed by atoms with Gasteiger partial charge in [-0.25, -0.2) is 9.97 Å². The topological polar surface area (TPSA) is 71.8 Å². The lowest BCUT2D eigenvalue weighted by Crippen LogP contribution is -2.29. The Bertz CT molecular complexity index is 677. The summed E-state index contributed by atoms with van der Waals surface area (Å²) in [5.74, 6) is 3.24. The summed E-state index contributed by atoms with van der Waals surface area (Å²) in [4.78, 5) is 20.7. The highest BCUT2D eigenvalue weighted by molar-refractivity contribution is 5.75. The number of amides is 1. The lowest BCUT2D eigenvalue weighted by atomic mass is 10.0. The molecule has 2 aromatic heterocycles. The van der Waals surface area contributed by atoms with Crippen LogP contribution in [0.2, 0.25) is 0 Å². The number of aromatic nitrogens is 3. The monoisotopic (exact) mass is 341 g/mol. The van der Waals surface area contributed by atoms with Crippen molar-refractivity contribution < 1.29 is 4.79 Å². The van der Waals surface area contributed by atoms with Crippen LogP contribution in [0.3, 0.4) is 0 Å². The molecular formula is C19H27N5O. The first-order valence-electron chi connectivity index (χ1n) is 9.20. The van der Waals surface area contributed by atoms with E-state index in [0.717, 1.165) is 24.0 Å². The lowest BCUT2D eigenvalue weighted by molar-refractivity contribution is -0.121. The van der Waals surface area contributed by atoms with Gasteiger partial charge in [0, 0.05) is 38.0 Å². The van der Waals surface area contributed by atoms with Gasteiger partial charge < -0.3 is 15.2 Å². The number of nitrogens with zero attached hydrogens (tertiary/aromatic N) is 3. The zero-order valence-electron chi connectivity index (χ0n) is 14.9. The van der Waals surface area contributed by atoms with Gasteiger partial charge in [-0.05, 0) is 31.4 Å². The smallest absolute Gasteiger partial charge is 0.220 e. The molecule has 2 N–H and O–H groups in total. The first-order chi connectivity index (χ1) is 12.2. The molecule has 6 heteroatoms. The molecule has 25 heavy (non-hydrogen) atoms. The van der Waals surface area contributed by atoms with Gasteiger partial charge in [0.15, 0.2) is 0 Å². The fraction of sp³-hybridized carbons (Fsp3) is 0.526. The molecule has 1 aliphatic carbocycles. The minimum atomic E-state index is 0.153. The summed E-state index contributed by atoms with van der Waals surface area (Å²) in [5.41, 5.74) is 0. The van der Waals surface area contributed by atoms with E-state index < -0.39 is 0 Å². The molecule has 1 amide bonds. The third-order valence-corrected chi connectivity index (χ3v) is 4.70. The maximum atomic E-state index is 11.9. The van der Waals surface area contributed by atoms with E-state index in [-0.39, 0.29) is 5.91 Å². The van der Waals surface area contributed by atoms with Crippen molar-refractivity contribution in [2.75, 3.05) is 18.4 Å². The molecule has 0 aliphatic heterocycles. The zero-order chi connectivity index (χ0) is 17.5. The predicted molar refractivity (Wildman–Crippen MR) is 98.8 cm³/mol. The van der Waals surface area contributed by atoms with Gasteiger partial charge in [0.2, 0.25) is 5.91 Å². The number of carbonyl (C=O) groups excluding carboxylic acids is 1. The van der Waals surface area contributed by atoms with Gasteiger partial charge in [-0.15, -0.1) is 0 Å². The van der Waals surface area contributed by atoms with Crippen LogP contribution in [0, 0.1) is 12.8 Å². The molecule has 3 rings (SSSR count). The van der Waals surface area contributed by atoms with Crippen molar-refractivity contribution >= 4 is 11.7 Å². The molecule has 0 unspecified atom stereocenters. The van der Waals surface area contributed by atoms with Crippen LogP contribution in [0.15, 0.2) is 30.6 Å². The number of nitrogens with one attached hydrogen (secondary N) is 2. The summed E-state index contributed by atoms with van der Waals surface area (Å²) in [7, 11) is 0. The van der Waals surface area contributed by atoms with Crippen LogP contribution in [0.1, 0.15) is 44.3 Å². The van der Waals surface area contributed by atoms with Crippen molar-refractivity contribution in [3.8, 4) is 5.82 Å². The summed E-state index contributed by atoms with van der Waals surface area (Å²) < 4.78 is 1.95. The van der Waals surface area contributed by atoms with Crippen LogP contribution in [-0.2, 0) is 4.79 Å². The third kappa shape index (κ3) is 5.31. The van der Waals surface area contributed by atoms with Crippen molar-refractivity contribution in [3.63, 3.8) is 0 Å². The van der Waals surface area contributed by atoms with Crippen molar-refractivity contribution in [1.82, 2.24) is 19.9 Å². The highest BCUT2D eigenvalue weighted by atomic mass is 16.1. The molecule has 1 saturated carbocycles. The fourth-order valence-electron chi connectivity index (χ4n) is 3.38. The summed E-state index contributed by atoms with van der Waals surface area (Å²) in [6.45, 7) is 3.13. The van der Waals surface area contributed by atoms with Gasteiger partial charge in [-0.2, -0.15) is 0 Å². The molecule has 0 atom stereocenters. The Labute approximate surface area is 149 Å². The number of carbonyl (C=O) groups is 1. The molecule has 0 bridgehead atoms. The van der Waals surface area contributed by atoms with Gasteiger partial charge in [0.1, 0.15) is 17.5 Å². The Kier molecular flexibility index (Phi) is 6.04. The Hall–Kier alpha value is -2.37. The molecule has 0 spiro atoms. The molecule has 2 aromatic rings. The maximum absolute atomic E-state index is 11.9. The molecule has 2 heterocycles. The normalized spacial score (nSPS) is 14.6. The largest absolute Gasteiger partial charge is 0.368 e. The second-order valence-corrected chi connectivity index (χ2v) is 6.71. The van der Waals surface area contributed by atoms with E-state index in [1.54, 1.807) is 0 Å². The number of aryl methyl sites for hydroxylation is 1. The quantitative estimate of drug-likeness (QED) is 0.724. The van der Waals surface area contributed by atoms with E-state index in [0.29, 0.717) is 25.3 Å². The van der Waals surface area contributed by atoms with Crippen molar-refractivity contribution in [2.45, 2.75) is 45.4 Å². The van der Waals surface area contributed by atoms with E-state index in [1.807, 2.05) is 42.1 Å². The summed E-state index contributed by atoms with van der Waals surface area (Å²) >= 11 is 0. The van der Waals surface area contributed by atoms with E-state index >= 15 is 0 Å². The van der Waals surface area contributed by atoms with Gasteiger partial charge in [0.05, 0.1) is 0 Å². The standard InChI is InChI=1S/C19H27N5O/c1-15-22-17(14-18(23-15)24-12-4-5-13-24)20-10-11-21-19(25)9-8-16-6-2-3-7-16/h4-5,12-14,16H,2-3,6-11H2,1H3,(H,21,25)(H,20,22,23). The summed E-state index contributed by atoms with van der Waals surface area (Å²) in [6, 6.07) is 5.84. The molecule has 134 valence electrons. The lowest BCUT2D eigenvalue weighted by Gasteiger charge is -2.11. The Morgan fingerprint density at radius 3 is 2.72 bits per heavy atom. The molecule has 0 aromatic carbocycles. The van der Waals surface area contributed by atoms with E-state index in [9.17, 15) is 4.79 Å². The Morgan fingerprint density at radius 2 is 1.96 bits per heavy atom. The van der Waals surface area contributed by atoms with E-state index in [2.05, 4.69) is 20.6 Å². The second kappa shape index (κ2) is 8.65. The molecule has 1 fully saturated rings. The minimum Gasteiger partial charge on any atom is -0.368 e. The zero-order valence-corrected chi connectivity index (χ0v) is 14.9. The van der Waals surface area contributed by atoms with Crippen LogP contribution < -0.4 is 10.6 Å². The maximum Gasteiger partial charge on any atom is 0.220 e. The van der Waals surface area contributed by atoms with Crippen LogP contribution in [0.4, 0.5) is 5.82 Å². The number of rotatable bonds is 8. The number of hydrogen-bond acceptors (Lipinski definition) is 4. The minimum absolute atomic E-state index is 0.153. The highest BCUT2D eigenvalue weighted by Crippen LogP contribution is 2.28. The summed E-state index contributed by atoms with van der Waals surface area (Å²) in [5, 5.41) is 6.24. The Morgan fingerprint density at radius 1 is 1.20 bits per heavy atom.